The highest BCUT2D eigenvalue weighted by atomic mass is 79.9. The summed E-state index contributed by atoms with van der Waals surface area (Å²) in [6.07, 6.45) is 0.618. The highest BCUT2D eigenvalue weighted by Crippen LogP contribution is 2.28. The van der Waals surface area contributed by atoms with Crippen molar-refractivity contribution in [3.8, 4) is 0 Å². The van der Waals surface area contributed by atoms with E-state index in [0.717, 1.165) is 5.56 Å². The summed E-state index contributed by atoms with van der Waals surface area (Å²) < 4.78 is 30.5. The van der Waals surface area contributed by atoms with Crippen LogP contribution in [0.15, 0.2) is 35.3 Å². The van der Waals surface area contributed by atoms with E-state index in [-0.39, 0.29) is 12.6 Å². The van der Waals surface area contributed by atoms with Gasteiger partial charge in [-0.1, -0.05) is 30.3 Å². The van der Waals surface area contributed by atoms with E-state index in [2.05, 4.69) is 20.9 Å². The minimum atomic E-state index is -3.15. The van der Waals surface area contributed by atoms with Gasteiger partial charge in [-0.3, -0.25) is 0 Å². The fourth-order valence-electron chi connectivity index (χ4n) is 1.56. The van der Waals surface area contributed by atoms with Crippen LogP contribution in [0.1, 0.15) is 5.56 Å². The van der Waals surface area contributed by atoms with Crippen LogP contribution in [0.5, 0.6) is 0 Å². The van der Waals surface area contributed by atoms with E-state index in [1.807, 2.05) is 30.3 Å². The Labute approximate surface area is 100 Å². The molecule has 0 fully saturated rings. The smallest absolute Gasteiger partial charge is 0.374 e. The van der Waals surface area contributed by atoms with Gasteiger partial charge in [-0.25, -0.2) is 4.99 Å². The Morgan fingerprint density at radius 1 is 1.38 bits per heavy atom. The molecule has 0 amide bonds. The zero-order valence-corrected chi connectivity index (χ0v) is 9.95. The largest absolute Gasteiger partial charge is 0.474 e. The molecule has 2 rings (SSSR count). The van der Waals surface area contributed by atoms with E-state index in [1.165, 1.54) is 0 Å². The van der Waals surface area contributed by atoms with Crippen LogP contribution in [0.3, 0.4) is 0 Å². The number of rotatable bonds is 3. The molecular weight excluding hydrogens is 280 g/mol. The van der Waals surface area contributed by atoms with Crippen molar-refractivity contribution in [1.82, 2.24) is 0 Å². The summed E-state index contributed by atoms with van der Waals surface area (Å²) in [5.41, 5.74) is 1.07. The first-order valence-electron chi connectivity index (χ1n) is 4.87. The lowest BCUT2D eigenvalue weighted by Crippen LogP contribution is -2.20. The van der Waals surface area contributed by atoms with Gasteiger partial charge in [-0.05, 0) is 12.0 Å². The second-order valence-corrected chi connectivity index (χ2v) is 4.58. The number of halogens is 3. The number of benzene rings is 1. The van der Waals surface area contributed by atoms with E-state index >= 15 is 0 Å². The Bertz CT molecular complexity index is 389. The topological polar surface area (TPSA) is 21.6 Å². The number of aliphatic imine (C=N–C) groups is 1. The average Bonchev–Trinajstić information content (AvgIpc) is 2.67. The Morgan fingerprint density at radius 3 is 2.62 bits per heavy atom. The molecular formula is C11H10BrF2NO. The molecule has 0 radical (unpaired) electrons. The van der Waals surface area contributed by atoms with Crippen molar-refractivity contribution >= 4 is 21.8 Å². The summed E-state index contributed by atoms with van der Waals surface area (Å²) in [6, 6.07) is 9.40. The highest BCUT2D eigenvalue weighted by molar-refractivity contribution is 9.10. The minimum Gasteiger partial charge on any atom is -0.474 e. The van der Waals surface area contributed by atoms with Crippen LogP contribution in [0.25, 0.3) is 0 Å². The molecule has 0 saturated carbocycles. The zero-order chi connectivity index (χ0) is 11.6. The Kier molecular flexibility index (Phi) is 3.23. The average molecular weight is 290 g/mol. The van der Waals surface area contributed by atoms with Crippen molar-refractivity contribution in [2.24, 2.45) is 4.99 Å². The van der Waals surface area contributed by atoms with Gasteiger partial charge in [0, 0.05) is 15.9 Å². The highest BCUT2D eigenvalue weighted by Gasteiger charge is 2.38. The third-order valence-corrected chi connectivity index (χ3v) is 2.61. The maximum atomic E-state index is 12.8. The predicted molar refractivity (Wildman–Crippen MR) is 61.2 cm³/mol. The van der Waals surface area contributed by atoms with E-state index in [0.29, 0.717) is 6.42 Å². The van der Waals surface area contributed by atoms with Crippen LogP contribution in [-0.4, -0.2) is 23.4 Å². The van der Waals surface area contributed by atoms with Crippen LogP contribution < -0.4 is 0 Å². The molecule has 0 bridgehead atoms. The predicted octanol–water partition coefficient (Wildman–Crippen LogP) is 3.01. The molecule has 16 heavy (non-hydrogen) atoms. The summed E-state index contributed by atoms with van der Waals surface area (Å²) in [4.78, 5) is 0.698. The van der Waals surface area contributed by atoms with Crippen LogP contribution >= 0.6 is 15.9 Å². The van der Waals surface area contributed by atoms with Crippen LogP contribution in [-0.2, 0) is 11.2 Å². The first-order valence-corrected chi connectivity index (χ1v) is 5.67. The van der Waals surface area contributed by atoms with Crippen LogP contribution in [0, 0.1) is 0 Å². The number of nitrogens with zero attached hydrogens (tertiary/aromatic N) is 1. The summed E-state index contributed by atoms with van der Waals surface area (Å²) >= 11 is 2.23. The monoisotopic (exact) mass is 289 g/mol. The SMILES string of the molecule is FC(F)(Br)C1=N[C@@H](Cc2ccccc2)CO1. The van der Waals surface area contributed by atoms with Gasteiger partial charge in [-0.15, -0.1) is 0 Å². The summed E-state index contributed by atoms with van der Waals surface area (Å²) in [7, 11) is 0. The van der Waals surface area contributed by atoms with Crippen LogP contribution in [0.4, 0.5) is 8.78 Å². The lowest BCUT2D eigenvalue weighted by atomic mass is 10.1. The summed E-state index contributed by atoms with van der Waals surface area (Å²) in [6.45, 7) is 0.214. The fourth-order valence-corrected chi connectivity index (χ4v) is 1.78. The standard InChI is InChI=1S/C11H10BrF2NO/c12-11(13,14)10-15-9(7-16-10)6-8-4-2-1-3-5-8/h1-5,9H,6-7H2/t9-/m0/s1. The van der Waals surface area contributed by atoms with Gasteiger partial charge < -0.3 is 4.74 Å². The first kappa shape index (κ1) is 11.5. The summed E-state index contributed by atoms with van der Waals surface area (Å²) in [5.74, 6) is -0.520. The molecule has 86 valence electrons. The zero-order valence-electron chi connectivity index (χ0n) is 8.37. The lowest BCUT2D eigenvalue weighted by molar-refractivity contribution is 0.152. The van der Waals surface area contributed by atoms with E-state index in [1.54, 1.807) is 0 Å². The third-order valence-electron chi connectivity index (χ3n) is 2.27. The fraction of sp³-hybridized carbons (Fsp3) is 0.364. The van der Waals surface area contributed by atoms with Crippen LogP contribution in [0.2, 0.25) is 0 Å². The van der Waals surface area contributed by atoms with Crippen molar-refractivity contribution in [2.45, 2.75) is 17.3 Å². The van der Waals surface area contributed by atoms with Crippen molar-refractivity contribution in [3.05, 3.63) is 35.9 Å². The minimum absolute atomic E-state index is 0.214. The van der Waals surface area contributed by atoms with Gasteiger partial charge in [0.1, 0.15) is 6.61 Å². The quantitative estimate of drug-likeness (QED) is 0.784. The molecule has 0 N–H and O–H groups in total. The van der Waals surface area contributed by atoms with Gasteiger partial charge in [0.25, 0.3) is 5.90 Å². The van der Waals surface area contributed by atoms with E-state index in [9.17, 15) is 8.78 Å². The molecule has 5 heteroatoms. The molecule has 1 heterocycles. The Morgan fingerprint density at radius 2 is 2.06 bits per heavy atom. The maximum absolute atomic E-state index is 12.8. The van der Waals surface area contributed by atoms with Gasteiger partial charge in [0.05, 0.1) is 6.04 Å². The molecule has 0 aromatic heterocycles. The molecule has 1 aliphatic rings. The van der Waals surface area contributed by atoms with Crippen molar-refractivity contribution in [2.75, 3.05) is 6.61 Å². The number of hydrogen-bond donors (Lipinski definition) is 0. The van der Waals surface area contributed by atoms with Gasteiger partial charge in [0.2, 0.25) is 0 Å². The number of alkyl halides is 3. The molecule has 0 saturated heterocycles. The van der Waals surface area contributed by atoms with Gasteiger partial charge >= 0.3 is 4.83 Å². The molecule has 1 aromatic rings. The first-order chi connectivity index (χ1) is 7.55. The molecule has 0 spiro atoms. The third kappa shape index (κ3) is 2.78. The molecule has 1 atom stereocenters. The van der Waals surface area contributed by atoms with Crippen molar-refractivity contribution in [3.63, 3.8) is 0 Å². The second kappa shape index (κ2) is 4.49. The van der Waals surface area contributed by atoms with Gasteiger partial charge in [-0.2, -0.15) is 8.78 Å². The van der Waals surface area contributed by atoms with E-state index < -0.39 is 10.7 Å². The van der Waals surface area contributed by atoms with Crippen molar-refractivity contribution < 1.29 is 13.5 Å². The van der Waals surface area contributed by atoms with Gasteiger partial charge in [0.15, 0.2) is 0 Å². The molecule has 2 nitrogen and oxygen atoms in total. The maximum Gasteiger partial charge on any atom is 0.374 e. The number of hydrogen-bond acceptors (Lipinski definition) is 2. The lowest BCUT2D eigenvalue weighted by Gasteiger charge is -2.05. The molecule has 1 aliphatic heterocycles. The normalized spacial score (nSPS) is 20.4. The Hall–Kier alpha value is -0.970. The van der Waals surface area contributed by atoms with Crippen molar-refractivity contribution in [1.29, 1.82) is 0 Å². The second-order valence-electron chi connectivity index (χ2n) is 3.59. The molecule has 0 aliphatic carbocycles. The number of ether oxygens (including phenoxy) is 1. The molecule has 1 aromatic carbocycles. The van der Waals surface area contributed by atoms with E-state index in [4.69, 9.17) is 4.74 Å². The Balaban J connectivity index is 2.02. The summed E-state index contributed by atoms with van der Waals surface area (Å²) in [5, 5.41) is 0. The molecule has 0 unspecified atom stereocenters.